The van der Waals surface area contributed by atoms with Gasteiger partial charge >= 0.3 is 6.18 Å². The van der Waals surface area contributed by atoms with E-state index < -0.39 is 22.4 Å². The normalized spacial score (nSPS) is 11.0. The molecule has 156 valence electrons. The zero-order valence-corrected chi connectivity index (χ0v) is 15.6. The Balaban J connectivity index is 1.81. The van der Waals surface area contributed by atoms with Crippen LogP contribution in [0.25, 0.3) is 0 Å². The molecule has 0 aliphatic carbocycles. The van der Waals surface area contributed by atoms with E-state index in [9.17, 15) is 28.1 Å². The van der Waals surface area contributed by atoms with E-state index >= 15 is 0 Å². The number of nitro benzene ring substituents is 1. The summed E-state index contributed by atoms with van der Waals surface area (Å²) < 4.78 is 43.2. The molecule has 0 spiro atoms. The zero-order chi connectivity index (χ0) is 21.4. The fourth-order valence-corrected chi connectivity index (χ4v) is 2.55. The lowest BCUT2D eigenvalue weighted by atomic mass is 10.1. The summed E-state index contributed by atoms with van der Waals surface area (Å²) in [6.07, 6.45) is -4.04. The number of nitrogens with one attached hydrogen (secondary N) is 2. The Hall–Kier alpha value is -3.30. The van der Waals surface area contributed by atoms with Crippen LogP contribution in [0.5, 0.6) is 5.75 Å². The van der Waals surface area contributed by atoms with E-state index in [1.165, 1.54) is 0 Å². The second-order valence-corrected chi connectivity index (χ2v) is 6.11. The highest BCUT2D eigenvalue weighted by molar-refractivity contribution is 5.76. The number of hydrogen-bond acceptors (Lipinski definition) is 5. The number of hydrogen-bond donors (Lipinski definition) is 2. The smallest absolute Gasteiger partial charge is 0.416 e. The first kappa shape index (κ1) is 22.0. The molecule has 0 atom stereocenters. The van der Waals surface area contributed by atoms with Gasteiger partial charge in [-0.05, 0) is 36.2 Å². The molecule has 7 nitrogen and oxygen atoms in total. The van der Waals surface area contributed by atoms with Crippen molar-refractivity contribution in [1.82, 2.24) is 5.32 Å². The molecule has 1 amide bonds. The number of anilines is 1. The molecular formula is C19H20F3N3O4. The number of benzene rings is 2. The number of carbonyl (C=O) groups excluding carboxylic acids is 1. The average Bonchev–Trinajstić information content (AvgIpc) is 2.67. The van der Waals surface area contributed by atoms with Gasteiger partial charge in [-0.2, -0.15) is 13.2 Å². The van der Waals surface area contributed by atoms with Crippen molar-refractivity contribution in [1.29, 1.82) is 0 Å². The van der Waals surface area contributed by atoms with Crippen LogP contribution in [0.4, 0.5) is 24.5 Å². The molecule has 2 N–H and O–H groups in total. The number of nitrogens with zero attached hydrogens (tertiary/aromatic N) is 1. The summed E-state index contributed by atoms with van der Waals surface area (Å²) >= 11 is 0. The van der Waals surface area contributed by atoms with Gasteiger partial charge in [-0.3, -0.25) is 14.9 Å². The van der Waals surface area contributed by atoms with Crippen LogP contribution in [-0.2, 0) is 17.4 Å². The van der Waals surface area contributed by atoms with Crippen molar-refractivity contribution in [3.8, 4) is 5.75 Å². The summed E-state index contributed by atoms with van der Waals surface area (Å²) in [5.74, 6) is 0.460. The molecule has 0 aliphatic rings. The fourth-order valence-electron chi connectivity index (χ4n) is 2.55. The summed E-state index contributed by atoms with van der Waals surface area (Å²) in [4.78, 5) is 22.0. The lowest BCUT2D eigenvalue weighted by molar-refractivity contribution is -0.384. The van der Waals surface area contributed by atoms with E-state index in [2.05, 4.69) is 10.6 Å². The van der Waals surface area contributed by atoms with Gasteiger partial charge in [-0.15, -0.1) is 0 Å². The third-order valence-corrected chi connectivity index (χ3v) is 4.08. The Bertz CT molecular complexity index is 855. The van der Waals surface area contributed by atoms with Gasteiger partial charge in [-0.1, -0.05) is 12.1 Å². The maximum absolute atomic E-state index is 12.7. The number of amides is 1. The second-order valence-electron chi connectivity index (χ2n) is 6.11. The van der Waals surface area contributed by atoms with Gasteiger partial charge in [0.2, 0.25) is 5.91 Å². The minimum atomic E-state index is -4.67. The zero-order valence-electron chi connectivity index (χ0n) is 15.6. The fraction of sp³-hybridized carbons (Fsp3) is 0.316. The molecule has 0 saturated heterocycles. The number of carbonyl (C=O) groups is 1. The van der Waals surface area contributed by atoms with Crippen LogP contribution in [0, 0.1) is 10.1 Å². The van der Waals surface area contributed by atoms with Gasteiger partial charge in [-0.25, -0.2) is 0 Å². The molecule has 0 aromatic heterocycles. The van der Waals surface area contributed by atoms with E-state index in [0.29, 0.717) is 19.0 Å². The molecule has 0 unspecified atom stereocenters. The number of rotatable bonds is 9. The molecule has 0 saturated carbocycles. The molecule has 0 heterocycles. The Morgan fingerprint density at radius 2 is 1.83 bits per heavy atom. The minimum absolute atomic E-state index is 0.0147. The topological polar surface area (TPSA) is 93.5 Å². The van der Waals surface area contributed by atoms with E-state index in [0.717, 1.165) is 23.4 Å². The third kappa shape index (κ3) is 6.66. The standard InChI is InChI=1S/C19H20F3N3O4/c1-29-15-5-2-13(3-6-15)8-10-24-18(26)9-11-23-16-7-4-14(19(20,21)22)12-17(16)25(27)28/h2-7,12,23H,8-11H2,1H3,(H,24,26). The van der Waals surface area contributed by atoms with Crippen molar-refractivity contribution < 1.29 is 27.6 Å². The molecule has 10 heteroatoms. The van der Waals surface area contributed by atoms with Gasteiger partial charge in [0.1, 0.15) is 11.4 Å². The van der Waals surface area contributed by atoms with Crippen molar-refractivity contribution in [2.75, 3.05) is 25.5 Å². The van der Waals surface area contributed by atoms with Crippen molar-refractivity contribution >= 4 is 17.3 Å². The monoisotopic (exact) mass is 411 g/mol. The number of alkyl halides is 3. The van der Waals surface area contributed by atoms with Crippen LogP contribution in [0.3, 0.4) is 0 Å². The van der Waals surface area contributed by atoms with E-state index in [1.807, 2.05) is 24.3 Å². The SMILES string of the molecule is COc1ccc(CCNC(=O)CCNc2ccc(C(F)(F)F)cc2[N+](=O)[O-])cc1. The van der Waals surface area contributed by atoms with E-state index in [-0.39, 0.29) is 24.6 Å². The predicted molar refractivity (Wildman–Crippen MR) is 101 cm³/mol. The number of ether oxygens (including phenoxy) is 1. The Morgan fingerprint density at radius 1 is 1.14 bits per heavy atom. The molecule has 0 aliphatic heterocycles. The van der Waals surface area contributed by atoms with E-state index in [1.54, 1.807) is 7.11 Å². The Morgan fingerprint density at radius 3 is 2.41 bits per heavy atom. The van der Waals surface area contributed by atoms with Gasteiger partial charge in [0.25, 0.3) is 5.69 Å². The van der Waals surface area contributed by atoms with Crippen LogP contribution in [0.15, 0.2) is 42.5 Å². The largest absolute Gasteiger partial charge is 0.497 e. The number of methoxy groups -OCH3 is 1. The van der Waals surface area contributed by atoms with E-state index in [4.69, 9.17) is 4.74 Å². The van der Waals surface area contributed by atoms with Gasteiger partial charge < -0.3 is 15.4 Å². The molecule has 0 fully saturated rings. The third-order valence-electron chi connectivity index (χ3n) is 4.08. The summed E-state index contributed by atoms with van der Waals surface area (Å²) in [6, 6.07) is 9.62. The lowest BCUT2D eigenvalue weighted by Crippen LogP contribution is -2.27. The lowest BCUT2D eigenvalue weighted by Gasteiger charge is -2.11. The molecule has 2 aromatic carbocycles. The summed E-state index contributed by atoms with van der Waals surface area (Å²) in [7, 11) is 1.57. The minimum Gasteiger partial charge on any atom is -0.497 e. The first-order valence-electron chi connectivity index (χ1n) is 8.70. The molecular weight excluding hydrogens is 391 g/mol. The van der Waals surface area contributed by atoms with Gasteiger partial charge in [0.05, 0.1) is 17.6 Å². The maximum Gasteiger partial charge on any atom is 0.416 e. The first-order chi connectivity index (χ1) is 13.7. The predicted octanol–water partition coefficient (Wildman–Crippen LogP) is 3.78. The maximum atomic E-state index is 12.7. The quantitative estimate of drug-likeness (QED) is 0.484. The molecule has 0 radical (unpaired) electrons. The van der Waals surface area contributed by atoms with Crippen LogP contribution in [-0.4, -0.2) is 31.0 Å². The van der Waals surface area contributed by atoms with Gasteiger partial charge in [0.15, 0.2) is 0 Å². The summed E-state index contributed by atoms with van der Waals surface area (Å²) in [5.41, 5.74) is -0.857. The van der Waals surface area contributed by atoms with Crippen molar-refractivity contribution in [2.45, 2.75) is 19.0 Å². The Kier molecular flexibility index (Phi) is 7.40. The highest BCUT2D eigenvalue weighted by Gasteiger charge is 2.33. The average molecular weight is 411 g/mol. The van der Waals surface area contributed by atoms with Crippen LogP contribution < -0.4 is 15.4 Å². The van der Waals surface area contributed by atoms with Crippen molar-refractivity contribution in [3.05, 3.63) is 63.7 Å². The molecule has 2 aromatic rings. The van der Waals surface area contributed by atoms with Crippen molar-refractivity contribution in [3.63, 3.8) is 0 Å². The summed E-state index contributed by atoms with van der Waals surface area (Å²) in [6.45, 7) is 0.451. The molecule has 2 rings (SSSR count). The number of nitro groups is 1. The van der Waals surface area contributed by atoms with Gasteiger partial charge in [0, 0.05) is 25.6 Å². The van der Waals surface area contributed by atoms with Crippen LogP contribution >= 0.6 is 0 Å². The van der Waals surface area contributed by atoms with Crippen LogP contribution in [0.2, 0.25) is 0 Å². The molecule has 29 heavy (non-hydrogen) atoms. The van der Waals surface area contributed by atoms with Crippen molar-refractivity contribution in [2.24, 2.45) is 0 Å². The molecule has 0 bridgehead atoms. The van der Waals surface area contributed by atoms with Crippen LogP contribution in [0.1, 0.15) is 17.5 Å². The highest BCUT2D eigenvalue weighted by atomic mass is 19.4. The number of halogens is 3. The Labute approximate surface area is 165 Å². The summed E-state index contributed by atoms with van der Waals surface area (Å²) in [5, 5.41) is 16.4. The second kappa shape index (κ2) is 9.76. The highest BCUT2D eigenvalue weighted by Crippen LogP contribution is 2.34. The first-order valence-corrected chi connectivity index (χ1v) is 8.70.